The van der Waals surface area contributed by atoms with E-state index in [4.69, 9.17) is 36.7 Å². The van der Waals surface area contributed by atoms with E-state index in [1.165, 1.54) is 24.8 Å². The quantitative estimate of drug-likeness (QED) is 0.120. The number of halogens is 1. The predicted molar refractivity (Wildman–Crippen MR) is 118 cm³/mol. The van der Waals surface area contributed by atoms with E-state index in [1.54, 1.807) is 6.07 Å². The van der Waals surface area contributed by atoms with Crippen molar-refractivity contribution in [1.82, 2.24) is 19.9 Å². The van der Waals surface area contributed by atoms with Crippen molar-refractivity contribution in [3.8, 4) is 0 Å². The van der Waals surface area contributed by atoms with Gasteiger partial charge in [0.1, 0.15) is 30.2 Å². The van der Waals surface area contributed by atoms with Crippen LogP contribution in [0.2, 0.25) is 5.02 Å². The van der Waals surface area contributed by atoms with Crippen LogP contribution < -0.4 is 5.32 Å². The van der Waals surface area contributed by atoms with Crippen LogP contribution in [0.4, 0.5) is 11.5 Å². The molecule has 1 aromatic carbocycles. The second-order valence-corrected chi connectivity index (χ2v) is 8.72. The highest BCUT2D eigenvalue weighted by molar-refractivity contribution is 7.46. The van der Waals surface area contributed by atoms with Gasteiger partial charge in [-0.15, -0.1) is 0 Å². The third-order valence-corrected chi connectivity index (χ3v) is 5.37. The number of aromatic nitrogens is 4. The summed E-state index contributed by atoms with van der Waals surface area (Å²) in [5.41, 5.74) is 1.64. The van der Waals surface area contributed by atoms with E-state index in [9.17, 15) is 14.7 Å². The van der Waals surface area contributed by atoms with E-state index >= 15 is 0 Å². The molecule has 1 aliphatic rings. The lowest BCUT2D eigenvalue weighted by Crippen LogP contribution is -2.34. The van der Waals surface area contributed by atoms with Crippen LogP contribution in [-0.4, -0.2) is 81.2 Å². The summed E-state index contributed by atoms with van der Waals surface area (Å²) in [6.45, 7) is -0.401. The SMILES string of the molecule is O=P(O)(O)OC[C@H]1OC(O)[C@H](O)[C@@H]1O.O=[N+]([O-])c1ccc(Cl)cc1CNc1ncnc2nc[nH]c12. The molecule has 0 bridgehead atoms. The molecule has 0 amide bonds. The molecule has 3 heterocycles. The maximum absolute atomic E-state index is 11.0. The monoisotopic (exact) mass is 534 g/mol. The summed E-state index contributed by atoms with van der Waals surface area (Å²) in [5.74, 6) is 0.520. The third kappa shape index (κ3) is 7.11. The Morgan fingerprint density at radius 2 is 1.97 bits per heavy atom. The summed E-state index contributed by atoms with van der Waals surface area (Å²) < 4.78 is 18.9. The number of H-pyrrole nitrogens is 1. The Balaban J connectivity index is 0.000000214. The minimum atomic E-state index is -4.64. The number of aliphatic hydroxyl groups is 3. The zero-order valence-corrected chi connectivity index (χ0v) is 19.2. The molecule has 1 fully saturated rings. The Kier molecular flexibility index (Phi) is 8.65. The molecule has 0 radical (unpaired) electrons. The van der Waals surface area contributed by atoms with Gasteiger partial charge < -0.3 is 40.1 Å². The van der Waals surface area contributed by atoms with Gasteiger partial charge in [-0.05, 0) is 12.1 Å². The van der Waals surface area contributed by atoms with Gasteiger partial charge in [0.25, 0.3) is 5.69 Å². The standard InChI is InChI=1S/C12H9ClN6O2.C5H11O8P/c13-8-1-2-9(19(20)21)7(3-8)4-14-11-10-12(16-5-15-10)18-6-17-11;6-3-2(1-12-14(9,10)11)13-5(8)4(3)7/h1-3,5-6H,4H2,(H2,14,15,16,17,18);2-8H,1H2,(H2,9,10,11)/t;2-,3-,4-,5?/m.1/s1. The van der Waals surface area contributed by atoms with E-state index in [0.717, 1.165) is 0 Å². The van der Waals surface area contributed by atoms with Gasteiger partial charge in [-0.1, -0.05) is 11.6 Å². The second-order valence-electron chi connectivity index (χ2n) is 7.04. The van der Waals surface area contributed by atoms with Crippen LogP contribution in [0.5, 0.6) is 0 Å². The van der Waals surface area contributed by atoms with Gasteiger partial charge >= 0.3 is 7.82 Å². The van der Waals surface area contributed by atoms with Crippen molar-refractivity contribution < 1.29 is 43.9 Å². The van der Waals surface area contributed by atoms with Crippen molar-refractivity contribution in [3.05, 3.63) is 51.6 Å². The number of rotatable bonds is 7. The average Bonchev–Trinajstić information content (AvgIpc) is 3.37. The molecule has 4 atom stereocenters. The molecule has 2 aromatic heterocycles. The first-order valence-electron chi connectivity index (χ1n) is 9.67. The number of hydrogen-bond acceptors (Lipinski definition) is 12. The van der Waals surface area contributed by atoms with E-state index in [-0.39, 0.29) is 12.2 Å². The fourth-order valence-corrected chi connectivity index (χ4v) is 3.52. The Morgan fingerprint density at radius 3 is 2.60 bits per heavy atom. The van der Waals surface area contributed by atoms with Crippen molar-refractivity contribution >= 4 is 42.1 Å². The topological polar surface area (TPSA) is 246 Å². The van der Waals surface area contributed by atoms with E-state index in [2.05, 4.69) is 34.5 Å². The number of phosphoric acid groups is 1. The lowest BCUT2D eigenvalue weighted by molar-refractivity contribution is -0.385. The number of aliphatic hydroxyl groups excluding tert-OH is 3. The van der Waals surface area contributed by atoms with Crippen LogP contribution in [0.1, 0.15) is 5.56 Å². The molecular formula is C17H20ClN6O10P. The first kappa shape index (κ1) is 26.8. The van der Waals surface area contributed by atoms with Crippen LogP contribution in [0.3, 0.4) is 0 Å². The first-order valence-corrected chi connectivity index (χ1v) is 11.6. The number of aromatic amines is 1. The molecule has 190 valence electrons. The zero-order valence-electron chi connectivity index (χ0n) is 17.5. The number of anilines is 1. The molecule has 7 N–H and O–H groups in total. The molecule has 0 spiro atoms. The Labute approximate surface area is 200 Å². The van der Waals surface area contributed by atoms with E-state index in [1.807, 2.05) is 0 Å². The zero-order chi connectivity index (χ0) is 25.8. The van der Waals surface area contributed by atoms with Crippen LogP contribution >= 0.6 is 19.4 Å². The molecule has 4 rings (SSSR count). The van der Waals surface area contributed by atoms with Crippen molar-refractivity contribution in [2.24, 2.45) is 0 Å². The smallest absolute Gasteiger partial charge is 0.387 e. The van der Waals surface area contributed by atoms with Gasteiger partial charge in [-0.2, -0.15) is 0 Å². The highest BCUT2D eigenvalue weighted by atomic mass is 35.5. The largest absolute Gasteiger partial charge is 0.469 e. The molecule has 0 aliphatic carbocycles. The molecule has 1 unspecified atom stereocenters. The molecule has 18 heteroatoms. The maximum Gasteiger partial charge on any atom is 0.469 e. The summed E-state index contributed by atoms with van der Waals surface area (Å²) in [5, 5.41) is 41.5. The van der Waals surface area contributed by atoms with Crippen LogP contribution in [0.25, 0.3) is 11.2 Å². The minimum absolute atomic E-state index is 0.00168. The minimum Gasteiger partial charge on any atom is -0.387 e. The van der Waals surface area contributed by atoms with E-state index in [0.29, 0.717) is 27.6 Å². The molecule has 0 saturated carbocycles. The van der Waals surface area contributed by atoms with Gasteiger partial charge in [0, 0.05) is 17.6 Å². The van der Waals surface area contributed by atoms with Crippen LogP contribution in [0, 0.1) is 10.1 Å². The molecule has 3 aromatic rings. The molecular weight excluding hydrogens is 515 g/mol. The van der Waals surface area contributed by atoms with E-state index < -0.39 is 44.0 Å². The Morgan fingerprint density at radius 1 is 1.23 bits per heavy atom. The van der Waals surface area contributed by atoms with Crippen molar-refractivity contribution in [2.45, 2.75) is 31.1 Å². The highest BCUT2D eigenvalue weighted by Gasteiger charge is 2.42. The number of ether oxygens (including phenoxy) is 1. The highest BCUT2D eigenvalue weighted by Crippen LogP contribution is 2.37. The van der Waals surface area contributed by atoms with Gasteiger partial charge in [0.2, 0.25) is 0 Å². The maximum atomic E-state index is 11.0. The number of imidazole rings is 1. The Bertz CT molecular complexity index is 1230. The van der Waals surface area contributed by atoms with Crippen molar-refractivity contribution in [3.63, 3.8) is 0 Å². The molecule has 1 saturated heterocycles. The van der Waals surface area contributed by atoms with Crippen LogP contribution in [-0.2, 0) is 20.4 Å². The molecule has 35 heavy (non-hydrogen) atoms. The van der Waals surface area contributed by atoms with Crippen LogP contribution in [0.15, 0.2) is 30.9 Å². The van der Waals surface area contributed by atoms with Crippen molar-refractivity contribution in [2.75, 3.05) is 11.9 Å². The average molecular weight is 535 g/mol. The number of nitro benzene ring substituents is 1. The number of nitrogens with one attached hydrogen (secondary N) is 2. The van der Waals surface area contributed by atoms with Gasteiger partial charge in [-0.3, -0.25) is 14.6 Å². The number of phosphoric ester groups is 1. The lowest BCUT2D eigenvalue weighted by atomic mass is 10.1. The third-order valence-electron chi connectivity index (χ3n) is 4.65. The number of fused-ring (bicyclic) bond motifs is 1. The lowest BCUT2D eigenvalue weighted by Gasteiger charge is -2.14. The Hall–Kier alpha value is -2.79. The normalized spacial score (nSPS) is 22.0. The second kappa shape index (κ2) is 11.3. The number of nitro groups is 1. The summed E-state index contributed by atoms with van der Waals surface area (Å²) >= 11 is 5.89. The summed E-state index contributed by atoms with van der Waals surface area (Å²) in [6.07, 6.45) is -2.79. The number of hydrogen-bond donors (Lipinski definition) is 7. The number of nitrogens with zero attached hydrogens (tertiary/aromatic N) is 4. The first-order chi connectivity index (χ1) is 16.5. The van der Waals surface area contributed by atoms with Gasteiger partial charge in [-0.25, -0.2) is 19.5 Å². The summed E-state index contributed by atoms with van der Waals surface area (Å²) in [7, 11) is -4.64. The fraction of sp³-hybridized carbons (Fsp3) is 0.353. The van der Waals surface area contributed by atoms with Crippen molar-refractivity contribution in [1.29, 1.82) is 0 Å². The number of benzene rings is 1. The fourth-order valence-electron chi connectivity index (χ4n) is 2.99. The van der Waals surface area contributed by atoms with Gasteiger partial charge in [0.05, 0.1) is 23.4 Å². The summed E-state index contributed by atoms with van der Waals surface area (Å²) in [6, 6.07) is 4.42. The predicted octanol–water partition coefficient (Wildman–Crippen LogP) is 0.0613. The molecule has 16 nitrogen and oxygen atoms in total. The molecule has 1 aliphatic heterocycles. The summed E-state index contributed by atoms with van der Waals surface area (Å²) in [4.78, 5) is 42.2. The van der Waals surface area contributed by atoms with Gasteiger partial charge in [0.15, 0.2) is 17.8 Å².